The molecule has 0 aromatic rings. The molecular weight excluding hydrogens is 214 g/mol. The van der Waals surface area contributed by atoms with Gasteiger partial charge in [0, 0.05) is 17.2 Å². The van der Waals surface area contributed by atoms with Gasteiger partial charge in [-0.15, -0.1) is 0 Å². The van der Waals surface area contributed by atoms with Crippen LogP contribution in [0, 0.1) is 5.92 Å². The van der Waals surface area contributed by atoms with Gasteiger partial charge in [-0.05, 0) is 26.2 Å². The minimum Gasteiger partial charge on any atom is -0.390 e. The van der Waals surface area contributed by atoms with E-state index in [4.69, 9.17) is 0 Å². The van der Waals surface area contributed by atoms with Crippen LogP contribution in [0.3, 0.4) is 0 Å². The minimum atomic E-state index is 0.591. The summed E-state index contributed by atoms with van der Waals surface area (Å²) >= 11 is 3.36. The van der Waals surface area contributed by atoms with Gasteiger partial charge in [-0.1, -0.05) is 35.0 Å². The van der Waals surface area contributed by atoms with Crippen LogP contribution in [-0.4, -0.2) is 6.54 Å². The number of halogens is 1. The number of hydrogen-bond donors (Lipinski definition) is 1. The Kier molecular flexibility index (Phi) is 6.17. The summed E-state index contributed by atoms with van der Waals surface area (Å²) in [6, 6.07) is 0. The van der Waals surface area contributed by atoms with Crippen LogP contribution in [0.5, 0.6) is 0 Å². The number of rotatable bonds is 5. The largest absolute Gasteiger partial charge is 0.390 e. The molecule has 0 aliphatic carbocycles. The first-order chi connectivity index (χ1) is 5.57. The summed E-state index contributed by atoms with van der Waals surface area (Å²) in [6.45, 7) is 11.2. The highest BCUT2D eigenvalue weighted by Gasteiger charge is 2.04. The van der Waals surface area contributed by atoms with Crippen molar-refractivity contribution in [2.45, 2.75) is 27.2 Å². The van der Waals surface area contributed by atoms with Gasteiger partial charge in [0.1, 0.15) is 0 Å². The van der Waals surface area contributed by atoms with Crippen LogP contribution >= 0.6 is 15.9 Å². The van der Waals surface area contributed by atoms with Gasteiger partial charge >= 0.3 is 0 Å². The van der Waals surface area contributed by atoms with Crippen molar-refractivity contribution in [2.24, 2.45) is 5.92 Å². The van der Waals surface area contributed by atoms with Crippen LogP contribution in [0.1, 0.15) is 27.2 Å². The Labute approximate surface area is 84.1 Å². The standard InChI is InChI=1S/C10H18BrN/c1-5-10(8(2)3)7-12-6-9(4)11/h6,10,12H,2,5,7H2,1,3-4H3/b9-6+/t10-/m0/s1. The Morgan fingerprint density at radius 3 is 2.50 bits per heavy atom. The van der Waals surface area contributed by atoms with Crippen molar-refractivity contribution in [2.75, 3.05) is 6.54 Å². The lowest BCUT2D eigenvalue weighted by atomic mass is 9.99. The summed E-state index contributed by atoms with van der Waals surface area (Å²) in [4.78, 5) is 0. The molecule has 2 heteroatoms. The minimum absolute atomic E-state index is 0.591. The summed E-state index contributed by atoms with van der Waals surface area (Å²) in [7, 11) is 0. The molecule has 0 amide bonds. The molecule has 0 rings (SSSR count). The van der Waals surface area contributed by atoms with E-state index in [0.29, 0.717) is 5.92 Å². The summed E-state index contributed by atoms with van der Waals surface area (Å²) in [5.41, 5.74) is 1.26. The van der Waals surface area contributed by atoms with Crippen LogP contribution in [-0.2, 0) is 0 Å². The Morgan fingerprint density at radius 1 is 1.58 bits per heavy atom. The number of allylic oxidation sites excluding steroid dienone is 1. The van der Waals surface area contributed by atoms with Crippen molar-refractivity contribution >= 4 is 15.9 Å². The third kappa shape index (κ3) is 5.42. The molecule has 1 atom stereocenters. The summed E-state index contributed by atoms with van der Waals surface area (Å²) < 4.78 is 1.12. The van der Waals surface area contributed by atoms with Crippen LogP contribution in [0.2, 0.25) is 0 Å². The maximum Gasteiger partial charge on any atom is 0.0207 e. The lowest BCUT2D eigenvalue weighted by Crippen LogP contribution is -2.18. The van der Waals surface area contributed by atoms with E-state index in [1.165, 1.54) is 5.57 Å². The fourth-order valence-electron chi connectivity index (χ4n) is 1.01. The molecular formula is C10H18BrN. The molecule has 0 saturated heterocycles. The van der Waals surface area contributed by atoms with Gasteiger partial charge < -0.3 is 5.32 Å². The molecule has 70 valence electrons. The number of nitrogens with one attached hydrogen (secondary N) is 1. The molecule has 0 heterocycles. The SMILES string of the molecule is C=C(C)[C@@H](CC)CN/C=C(\C)Br. The van der Waals surface area contributed by atoms with Gasteiger partial charge in [0.2, 0.25) is 0 Å². The van der Waals surface area contributed by atoms with Crippen LogP contribution in [0.15, 0.2) is 22.8 Å². The maximum absolute atomic E-state index is 3.95. The van der Waals surface area contributed by atoms with E-state index < -0.39 is 0 Å². The van der Waals surface area contributed by atoms with Crippen LogP contribution < -0.4 is 5.32 Å². The average molecular weight is 232 g/mol. The van der Waals surface area contributed by atoms with Gasteiger partial charge in [0.15, 0.2) is 0 Å². The van der Waals surface area contributed by atoms with E-state index >= 15 is 0 Å². The highest BCUT2D eigenvalue weighted by Crippen LogP contribution is 2.11. The first-order valence-corrected chi connectivity index (χ1v) is 5.08. The molecule has 0 spiro atoms. The van der Waals surface area contributed by atoms with E-state index in [1.807, 2.05) is 13.1 Å². The average Bonchev–Trinajstić information content (AvgIpc) is 1.96. The molecule has 0 bridgehead atoms. The molecule has 0 aromatic carbocycles. The van der Waals surface area contributed by atoms with Crippen molar-refractivity contribution in [3.8, 4) is 0 Å². The summed E-state index contributed by atoms with van der Waals surface area (Å²) in [5.74, 6) is 0.591. The van der Waals surface area contributed by atoms with Gasteiger partial charge in [-0.25, -0.2) is 0 Å². The Hall–Kier alpha value is -0.240. The van der Waals surface area contributed by atoms with Gasteiger partial charge in [-0.2, -0.15) is 0 Å². The van der Waals surface area contributed by atoms with Crippen molar-refractivity contribution in [1.29, 1.82) is 0 Å². The first kappa shape index (κ1) is 11.8. The monoisotopic (exact) mass is 231 g/mol. The molecule has 0 aliphatic heterocycles. The molecule has 1 N–H and O–H groups in total. The third-order valence-corrected chi connectivity index (χ3v) is 2.08. The molecule has 12 heavy (non-hydrogen) atoms. The Bertz CT molecular complexity index is 169. The molecule has 0 unspecified atom stereocenters. The van der Waals surface area contributed by atoms with E-state index in [1.54, 1.807) is 0 Å². The second-order valence-electron chi connectivity index (χ2n) is 3.09. The Morgan fingerprint density at radius 2 is 2.17 bits per heavy atom. The molecule has 1 nitrogen and oxygen atoms in total. The summed E-state index contributed by atoms with van der Waals surface area (Å²) in [6.07, 6.45) is 3.13. The third-order valence-electron chi connectivity index (χ3n) is 1.85. The zero-order valence-corrected chi connectivity index (χ0v) is 9.74. The number of hydrogen-bond acceptors (Lipinski definition) is 1. The highest BCUT2D eigenvalue weighted by molar-refractivity contribution is 9.11. The normalized spacial score (nSPS) is 14.2. The van der Waals surface area contributed by atoms with Crippen molar-refractivity contribution in [3.05, 3.63) is 22.8 Å². The Balaban J connectivity index is 3.74. The highest BCUT2D eigenvalue weighted by atomic mass is 79.9. The van der Waals surface area contributed by atoms with E-state index in [0.717, 1.165) is 17.4 Å². The fraction of sp³-hybridized carbons (Fsp3) is 0.600. The second-order valence-corrected chi connectivity index (χ2v) is 4.34. The predicted octanol–water partition coefficient (Wildman–Crippen LogP) is 3.43. The lowest BCUT2D eigenvalue weighted by molar-refractivity contribution is 0.566. The van der Waals surface area contributed by atoms with E-state index in [-0.39, 0.29) is 0 Å². The van der Waals surface area contributed by atoms with Crippen LogP contribution in [0.25, 0.3) is 0 Å². The predicted molar refractivity (Wildman–Crippen MR) is 59.3 cm³/mol. The zero-order valence-electron chi connectivity index (χ0n) is 8.15. The van der Waals surface area contributed by atoms with E-state index in [2.05, 4.69) is 41.7 Å². The molecule has 0 radical (unpaired) electrons. The first-order valence-electron chi connectivity index (χ1n) is 4.29. The fourth-order valence-corrected chi connectivity index (χ4v) is 1.17. The molecule has 0 fully saturated rings. The molecule has 0 saturated carbocycles. The zero-order chi connectivity index (χ0) is 9.56. The maximum atomic E-state index is 3.95. The van der Waals surface area contributed by atoms with E-state index in [9.17, 15) is 0 Å². The quantitative estimate of drug-likeness (QED) is 0.716. The molecule has 0 aliphatic rings. The topological polar surface area (TPSA) is 12.0 Å². The van der Waals surface area contributed by atoms with Gasteiger partial charge in [-0.3, -0.25) is 0 Å². The second kappa shape index (κ2) is 6.30. The van der Waals surface area contributed by atoms with Gasteiger partial charge in [0.25, 0.3) is 0 Å². The molecule has 0 aromatic heterocycles. The van der Waals surface area contributed by atoms with Crippen LogP contribution in [0.4, 0.5) is 0 Å². The smallest absolute Gasteiger partial charge is 0.0207 e. The van der Waals surface area contributed by atoms with Crippen molar-refractivity contribution < 1.29 is 0 Å². The summed E-state index contributed by atoms with van der Waals surface area (Å²) in [5, 5.41) is 3.25. The van der Waals surface area contributed by atoms with Crippen molar-refractivity contribution in [1.82, 2.24) is 5.32 Å². The lowest BCUT2D eigenvalue weighted by Gasteiger charge is -2.14. The van der Waals surface area contributed by atoms with Gasteiger partial charge in [0.05, 0.1) is 0 Å². The van der Waals surface area contributed by atoms with Crippen molar-refractivity contribution in [3.63, 3.8) is 0 Å².